The van der Waals surface area contributed by atoms with Gasteiger partial charge in [-0.1, -0.05) is 58.0 Å². The smallest absolute Gasteiger partial charge is 0.404 e. The topological polar surface area (TPSA) is 112 Å². The summed E-state index contributed by atoms with van der Waals surface area (Å²) in [5.74, 6) is 1.44. The lowest BCUT2D eigenvalue weighted by Crippen LogP contribution is -2.65. The molecule has 8 nitrogen and oxygen atoms in total. The van der Waals surface area contributed by atoms with E-state index < -0.39 is 0 Å². The van der Waals surface area contributed by atoms with Crippen LogP contribution in [0.5, 0.6) is 0 Å². The molecule has 3 aliphatic carbocycles. The molecule has 202 valence electrons. The van der Waals surface area contributed by atoms with Crippen LogP contribution in [0.2, 0.25) is 0 Å². The molecule has 1 aromatic rings. The third-order valence-corrected chi connectivity index (χ3v) is 7.83. The standard InChI is InChI=1S/C17H31BN2O3.C8H10O.C2H5NO/c1-10(2)6-14(20-15(21)9-19)18-22-13-8-11-7-12(16(11,3)4)17(13,5)23-18;1-9-7-8-5-3-2-4-6-8;1-3-2-4/h10-14H,6-9,19H2,1-5H3,(H,20,21);2-6H,7H2,1H3;2H,1H3,(H,3,4)/t11?,12?,13?,14?,17-;;/m0../s1. The largest absolute Gasteiger partial charge is 0.481 e. The van der Waals surface area contributed by atoms with Gasteiger partial charge < -0.3 is 30.4 Å². The van der Waals surface area contributed by atoms with Gasteiger partial charge in [-0.25, -0.2) is 0 Å². The molecule has 4 aliphatic rings. The number of benzene rings is 1. The lowest BCUT2D eigenvalue weighted by atomic mass is 9.43. The lowest BCUT2D eigenvalue weighted by molar-refractivity contribution is -0.199. The Morgan fingerprint density at radius 1 is 1.25 bits per heavy atom. The number of hydrogen-bond donors (Lipinski definition) is 3. The molecular formula is C27H46BN3O5. The van der Waals surface area contributed by atoms with Crippen molar-refractivity contribution in [3.8, 4) is 0 Å². The Morgan fingerprint density at radius 2 is 1.89 bits per heavy atom. The second-order valence-corrected chi connectivity index (χ2v) is 11.2. The number of methoxy groups -OCH3 is 1. The van der Waals surface area contributed by atoms with Gasteiger partial charge in [0.05, 0.1) is 30.8 Å². The van der Waals surface area contributed by atoms with Gasteiger partial charge >= 0.3 is 7.12 Å². The minimum absolute atomic E-state index is 0.000256. The van der Waals surface area contributed by atoms with Crippen molar-refractivity contribution < 1.29 is 23.6 Å². The molecule has 5 rings (SSSR count). The predicted molar refractivity (Wildman–Crippen MR) is 143 cm³/mol. The lowest BCUT2D eigenvalue weighted by Gasteiger charge is -2.64. The molecule has 4 N–H and O–H groups in total. The molecule has 1 saturated heterocycles. The fraction of sp³-hybridized carbons (Fsp3) is 0.704. The molecule has 2 amide bonds. The SMILES string of the molecule is CC(C)CC(NC(=O)CN)B1OC2CC3CC(C3(C)C)[C@]2(C)O1.CNC=O.COCc1ccccc1. The molecule has 36 heavy (non-hydrogen) atoms. The van der Waals surface area contributed by atoms with Crippen molar-refractivity contribution in [3.63, 3.8) is 0 Å². The molecule has 1 aliphatic heterocycles. The average Bonchev–Trinajstić information content (AvgIpc) is 3.22. The van der Waals surface area contributed by atoms with Gasteiger partial charge in [0.25, 0.3) is 0 Å². The Balaban J connectivity index is 0.000000290. The van der Waals surface area contributed by atoms with Crippen LogP contribution in [0.3, 0.4) is 0 Å². The van der Waals surface area contributed by atoms with Gasteiger partial charge in [0.1, 0.15) is 0 Å². The number of carbonyl (C=O) groups is 2. The van der Waals surface area contributed by atoms with Crippen molar-refractivity contribution in [2.24, 2.45) is 28.9 Å². The summed E-state index contributed by atoms with van der Waals surface area (Å²) in [6.45, 7) is 11.9. The van der Waals surface area contributed by atoms with Crippen molar-refractivity contribution >= 4 is 19.4 Å². The van der Waals surface area contributed by atoms with E-state index in [0.717, 1.165) is 18.8 Å². The van der Waals surface area contributed by atoms with Gasteiger partial charge in [0.2, 0.25) is 12.3 Å². The van der Waals surface area contributed by atoms with Crippen molar-refractivity contribution in [1.29, 1.82) is 0 Å². The van der Waals surface area contributed by atoms with E-state index in [9.17, 15) is 4.79 Å². The number of amides is 2. The number of carbonyl (C=O) groups excluding carboxylic acids is 2. The Kier molecular flexibility index (Phi) is 11.4. The van der Waals surface area contributed by atoms with E-state index in [4.69, 9.17) is 24.6 Å². The number of ether oxygens (including phenoxy) is 1. The van der Waals surface area contributed by atoms with Gasteiger partial charge in [-0.2, -0.15) is 0 Å². The molecular weight excluding hydrogens is 457 g/mol. The van der Waals surface area contributed by atoms with Crippen molar-refractivity contribution in [1.82, 2.24) is 10.6 Å². The monoisotopic (exact) mass is 503 g/mol. The van der Waals surface area contributed by atoms with E-state index in [-0.39, 0.29) is 37.2 Å². The number of nitrogens with two attached hydrogens (primary N) is 1. The molecule has 9 heteroatoms. The second kappa shape index (κ2) is 13.6. The summed E-state index contributed by atoms with van der Waals surface area (Å²) >= 11 is 0. The normalized spacial score (nSPS) is 27.8. The zero-order valence-electron chi connectivity index (χ0n) is 23.1. The zero-order chi connectivity index (χ0) is 26.9. The predicted octanol–water partition coefficient (Wildman–Crippen LogP) is 2.94. The maximum absolute atomic E-state index is 11.8. The highest BCUT2D eigenvalue weighted by molar-refractivity contribution is 6.47. The first-order valence-electron chi connectivity index (χ1n) is 13.0. The van der Waals surface area contributed by atoms with E-state index in [1.807, 2.05) is 30.3 Å². The van der Waals surface area contributed by atoms with Gasteiger partial charge in [-0.05, 0) is 54.9 Å². The Morgan fingerprint density at radius 3 is 2.39 bits per heavy atom. The maximum atomic E-state index is 11.8. The molecule has 2 bridgehead atoms. The molecule has 0 aromatic heterocycles. The van der Waals surface area contributed by atoms with Crippen LogP contribution in [0.4, 0.5) is 0 Å². The first-order chi connectivity index (χ1) is 17.0. The van der Waals surface area contributed by atoms with E-state index in [1.165, 1.54) is 12.0 Å². The molecule has 1 heterocycles. The van der Waals surface area contributed by atoms with Crippen LogP contribution >= 0.6 is 0 Å². The summed E-state index contributed by atoms with van der Waals surface area (Å²) in [5.41, 5.74) is 6.79. The summed E-state index contributed by atoms with van der Waals surface area (Å²) < 4.78 is 17.7. The first kappa shape index (κ1) is 30.3. The Bertz CT molecular complexity index is 825. The third-order valence-electron chi connectivity index (χ3n) is 7.83. The molecule has 4 unspecified atom stereocenters. The Hall–Kier alpha value is -1.94. The number of hydrogen-bond acceptors (Lipinski definition) is 6. The molecule has 4 fully saturated rings. The molecule has 1 aromatic carbocycles. The van der Waals surface area contributed by atoms with Gasteiger partial charge in [0, 0.05) is 14.2 Å². The third kappa shape index (κ3) is 7.31. The van der Waals surface area contributed by atoms with E-state index in [2.05, 4.69) is 45.3 Å². The van der Waals surface area contributed by atoms with E-state index in [0.29, 0.717) is 30.3 Å². The summed E-state index contributed by atoms with van der Waals surface area (Å²) in [4.78, 5) is 20.8. The fourth-order valence-electron chi connectivity index (χ4n) is 5.82. The zero-order valence-corrected chi connectivity index (χ0v) is 23.1. The molecule has 0 radical (unpaired) electrons. The summed E-state index contributed by atoms with van der Waals surface area (Å²) in [7, 11) is 2.90. The highest BCUT2D eigenvalue weighted by atomic mass is 16.7. The highest BCUT2D eigenvalue weighted by Crippen LogP contribution is 2.65. The van der Waals surface area contributed by atoms with Crippen molar-refractivity contribution in [3.05, 3.63) is 35.9 Å². The number of rotatable bonds is 8. The van der Waals surface area contributed by atoms with Gasteiger partial charge in [0.15, 0.2) is 0 Å². The maximum Gasteiger partial charge on any atom is 0.481 e. The van der Waals surface area contributed by atoms with Crippen LogP contribution < -0.4 is 16.4 Å². The van der Waals surface area contributed by atoms with E-state index >= 15 is 0 Å². The fourth-order valence-corrected chi connectivity index (χ4v) is 5.82. The van der Waals surface area contributed by atoms with Crippen LogP contribution in [0.15, 0.2) is 30.3 Å². The molecule has 3 saturated carbocycles. The number of nitrogens with one attached hydrogen (secondary N) is 2. The van der Waals surface area contributed by atoms with Crippen LogP contribution in [0.1, 0.15) is 59.4 Å². The summed E-state index contributed by atoms with van der Waals surface area (Å²) in [5, 5.41) is 5.25. The van der Waals surface area contributed by atoms with E-state index in [1.54, 1.807) is 14.2 Å². The van der Waals surface area contributed by atoms with Crippen LogP contribution in [0, 0.1) is 23.2 Å². The van der Waals surface area contributed by atoms with Crippen molar-refractivity contribution in [2.75, 3.05) is 20.7 Å². The highest BCUT2D eigenvalue weighted by Gasteiger charge is 2.68. The minimum atomic E-state index is -0.363. The van der Waals surface area contributed by atoms with Crippen LogP contribution in [-0.2, 0) is 30.2 Å². The van der Waals surface area contributed by atoms with Crippen LogP contribution in [-0.4, -0.2) is 57.8 Å². The molecule has 0 spiro atoms. The first-order valence-corrected chi connectivity index (χ1v) is 13.0. The van der Waals surface area contributed by atoms with Gasteiger partial charge in [-0.15, -0.1) is 0 Å². The minimum Gasteiger partial charge on any atom is -0.404 e. The summed E-state index contributed by atoms with van der Waals surface area (Å²) in [6.07, 6.45) is 3.90. The quantitative estimate of drug-likeness (QED) is 0.372. The average molecular weight is 503 g/mol. The Labute approximate surface area is 217 Å². The molecule has 5 atom stereocenters. The second-order valence-electron chi connectivity index (χ2n) is 11.2. The van der Waals surface area contributed by atoms with Crippen LogP contribution in [0.25, 0.3) is 0 Å². The summed E-state index contributed by atoms with van der Waals surface area (Å²) in [6, 6.07) is 10.1. The van der Waals surface area contributed by atoms with Gasteiger partial charge in [-0.3, -0.25) is 9.59 Å². The van der Waals surface area contributed by atoms with Crippen molar-refractivity contribution in [2.45, 2.75) is 78.1 Å².